The summed E-state index contributed by atoms with van der Waals surface area (Å²) in [5.41, 5.74) is 1.89. The van der Waals surface area contributed by atoms with Gasteiger partial charge in [0.05, 0.1) is 7.11 Å². The molecular formula is C22H20ClNO3S. The maximum absolute atomic E-state index is 13.2. The number of methoxy groups -OCH3 is 1. The molecule has 0 bridgehead atoms. The lowest BCUT2D eigenvalue weighted by Crippen LogP contribution is -2.42. The minimum absolute atomic E-state index is 0.0233. The number of hydrogen-bond acceptors (Lipinski definition) is 4. The molecule has 1 aliphatic rings. The highest BCUT2D eigenvalue weighted by molar-refractivity contribution is 7.10. The highest BCUT2D eigenvalue weighted by atomic mass is 35.5. The zero-order valence-corrected chi connectivity index (χ0v) is 17.0. The topological polar surface area (TPSA) is 38.8 Å². The summed E-state index contributed by atoms with van der Waals surface area (Å²) in [5, 5.41) is 2.64. The van der Waals surface area contributed by atoms with Crippen molar-refractivity contribution in [2.75, 3.05) is 20.3 Å². The summed E-state index contributed by atoms with van der Waals surface area (Å²) in [6.07, 6.45) is 0.851. The summed E-state index contributed by atoms with van der Waals surface area (Å²) in [6, 6.07) is 16.6. The highest BCUT2D eigenvalue weighted by Crippen LogP contribution is 2.35. The average Bonchev–Trinajstić information content (AvgIpc) is 3.21. The van der Waals surface area contributed by atoms with Gasteiger partial charge >= 0.3 is 0 Å². The summed E-state index contributed by atoms with van der Waals surface area (Å²) in [6.45, 7) is 1.05. The van der Waals surface area contributed by atoms with Crippen molar-refractivity contribution in [3.8, 4) is 11.5 Å². The molecule has 4 nitrogen and oxygen atoms in total. The van der Waals surface area contributed by atoms with E-state index < -0.39 is 0 Å². The van der Waals surface area contributed by atoms with Crippen LogP contribution in [0.3, 0.4) is 0 Å². The molecule has 4 rings (SSSR count). The Kier molecular flexibility index (Phi) is 5.55. The number of halogens is 1. The molecule has 3 aromatic rings. The van der Waals surface area contributed by atoms with E-state index in [4.69, 9.17) is 21.1 Å². The van der Waals surface area contributed by atoms with E-state index in [0.29, 0.717) is 23.7 Å². The SMILES string of the molecule is COc1ccc(OCC2c3sccc3CCN2C(=O)c2cccc(Cl)c2)cc1. The van der Waals surface area contributed by atoms with Gasteiger partial charge in [0.2, 0.25) is 0 Å². The Labute approximate surface area is 173 Å². The molecule has 2 aromatic carbocycles. The molecule has 1 amide bonds. The molecule has 0 saturated heterocycles. The molecule has 0 saturated carbocycles. The number of benzene rings is 2. The van der Waals surface area contributed by atoms with Gasteiger partial charge in [-0.25, -0.2) is 0 Å². The minimum atomic E-state index is -0.127. The predicted molar refractivity (Wildman–Crippen MR) is 112 cm³/mol. The fraction of sp³-hybridized carbons (Fsp3) is 0.227. The van der Waals surface area contributed by atoms with Crippen molar-refractivity contribution in [1.82, 2.24) is 4.90 Å². The Morgan fingerprint density at radius 2 is 1.96 bits per heavy atom. The summed E-state index contributed by atoms with van der Waals surface area (Å²) < 4.78 is 11.2. The number of nitrogens with zero attached hydrogens (tertiary/aromatic N) is 1. The standard InChI is InChI=1S/C22H20ClNO3S/c1-26-18-5-7-19(8-6-18)27-14-20-21-15(10-12-28-21)9-11-24(20)22(25)16-3-2-4-17(23)13-16/h2-8,10,12-13,20H,9,11,14H2,1H3. The summed E-state index contributed by atoms with van der Waals surface area (Å²) >= 11 is 7.76. The molecule has 144 valence electrons. The van der Waals surface area contributed by atoms with Gasteiger partial charge in [-0.1, -0.05) is 17.7 Å². The second-order valence-electron chi connectivity index (χ2n) is 6.57. The van der Waals surface area contributed by atoms with Crippen molar-refractivity contribution in [2.24, 2.45) is 0 Å². The van der Waals surface area contributed by atoms with Gasteiger partial charge in [0.15, 0.2) is 0 Å². The summed E-state index contributed by atoms with van der Waals surface area (Å²) in [7, 11) is 1.63. The first-order valence-electron chi connectivity index (χ1n) is 9.05. The Balaban J connectivity index is 1.57. The number of carbonyl (C=O) groups is 1. The number of ether oxygens (including phenoxy) is 2. The van der Waals surface area contributed by atoms with E-state index in [1.807, 2.05) is 29.2 Å². The third-order valence-electron chi connectivity index (χ3n) is 4.88. The minimum Gasteiger partial charge on any atom is -0.497 e. The van der Waals surface area contributed by atoms with Gasteiger partial charge in [-0.05, 0) is 65.9 Å². The Hall–Kier alpha value is -2.50. The molecule has 0 radical (unpaired) electrons. The smallest absolute Gasteiger partial charge is 0.254 e. The van der Waals surface area contributed by atoms with Gasteiger partial charge in [-0.2, -0.15) is 0 Å². The zero-order valence-electron chi connectivity index (χ0n) is 15.4. The molecule has 2 heterocycles. The van der Waals surface area contributed by atoms with E-state index in [-0.39, 0.29) is 11.9 Å². The maximum Gasteiger partial charge on any atom is 0.254 e. The third kappa shape index (κ3) is 3.86. The molecule has 0 N–H and O–H groups in total. The number of hydrogen-bond donors (Lipinski definition) is 0. The van der Waals surface area contributed by atoms with Crippen LogP contribution in [0.1, 0.15) is 26.8 Å². The molecule has 1 atom stereocenters. The summed E-state index contributed by atoms with van der Waals surface area (Å²) in [5.74, 6) is 1.51. The van der Waals surface area contributed by atoms with E-state index >= 15 is 0 Å². The Morgan fingerprint density at radius 3 is 2.71 bits per heavy atom. The molecule has 0 fully saturated rings. The van der Waals surface area contributed by atoms with Crippen LogP contribution in [0.5, 0.6) is 11.5 Å². The Morgan fingerprint density at radius 1 is 1.18 bits per heavy atom. The van der Waals surface area contributed by atoms with Crippen LogP contribution in [0.25, 0.3) is 0 Å². The van der Waals surface area contributed by atoms with Crippen LogP contribution in [0.15, 0.2) is 60.0 Å². The predicted octanol–water partition coefficient (Wildman–Crippen LogP) is 5.23. The van der Waals surface area contributed by atoms with Gasteiger partial charge < -0.3 is 14.4 Å². The molecular weight excluding hydrogens is 394 g/mol. The lowest BCUT2D eigenvalue weighted by Gasteiger charge is -2.35. The van der Waals surface area contributed by atoms with Crippen LogP contribution in [0.2, 0.25) is 5.02 Å². The van der Waals surface area contributed by atoms with E-state index in [0.717, 1.165) is 17.9 Å². The molecule has 0 aliphatic carbocycles. The van der Waals surface area contributed by atoms with Gasteiger partial charge in [0.1, 0.15) is 24.1 Å². The van der Waals surface area contributed by atoms with Crippen LogP contribution in [0.4, 0.5) is 0 Å². The van der Waals surface area contributed by atoms with Crippen molar-refractivity contribution in [1.29, 1.82) is 0 Å². The molecule has 0 spiro atoms. The molecule has 6 heteroatoms. The van der Waals surface area contributed by atoms with Crippen LogP contribution < -0.4 is 9.47 Å². The van der Waals surface area contributed by atoms with E-state index in [2.05, 4.69) is 11.4 Å². The molecule has 1 aromatic heterocycles. The number of thiophene rings is 1. The van der Waals surface area contributed by atoms with Crippen molar-refractivity contribution in [3.63, 3.8) is 0 Å². The molecule has 1 aliphatic heterocycles. The highest BCUT2D eigenvalue weighted by Gasteiger charge is 2.33. The average molecular weight is 414 g/mol. The van der Waals surface area contributed by atoms with Gasteiger partial charge in [0, 0.05) is 22.0 Å². The first kappa shape index (κ1) is 18.8. The third-order valence-corrected chi connectivity index (χ3v) is 6.18. The number of carbonyl (C=O) groups excluding carboxylic acids is 1. The normalized spacial score (nSPS) is 15.8. The quantitative estimate of drug-likeness (QED) is 0.575. The fourth-order valence-corrected chi connectivity index (χ4v) is 4.67. The lowest BCUT2D eigenvalue weighted by molar-refractivity contribution is 0.0596. The zero-order chi connectivity index (χ0) is 19.5. The van der Waals surface area contributed by atoms with E-state index in [1.165, 1.54) is 10.4 Å². The van der Waals surface area contributed by atoms with Gasteiger partial charge in [0.25, 0.3) is 5.91 Å². The second kappa shape index (κ2) is 8.25. The van der Waals surface area contributed by atoms with Crippen molar-refractivity contribution in [3.05, 3.63) is 81.0 Å². The lowest BCUT2D eigenvalue weighted by atomic mass is 10.0. The molecule has 1 unspecified atom stereocenters. The number of fused-ring (bicyclic) bond motifs is 1. The van der Waals surface area contributed by atoms with Gasteiger partial charge in [-0.3, -0.25) is 4.79 Å². The van der Waals surface area contributed by atoms with Crippen molar-refractivity contribution in [2.45, 2.75) is 12.5 Å². The first-order valence-corrected chi connectivity index (χ1v) is 10.3. The number of rotatable bonds is 5. The molecule has 28 heavy (non-hydrogen) atoms. The largest absolute Gasteiger partial charge is 0.497 e. The number of amides is 1. The van der Waals surface area contributed by atoms with Gasteiger partial charge in [-0.15, -0.1) is 11.3 Å². The van der Waals surface area contributed by atoms with Crippen LogP contribution in [-0.2, 0) is 6.42 Å². The first-order chi connectivity index (χ1) is 13.7. The monoisotopic (exact) mass is 413 g/mol. The second-order valence-corrected chi connectivity index (χ2v) is 7.96. The van der Waals surface area contributed by atoms with E-state index in [1.54, 1.807) is 42.7 Å². The van der Waals surface area contributed by atoms with E-state index in [9.17, 15) is 4.79 Å². The van der Waals surface area contributed by atoms with Crippen molar-refractivity contribution >= 4 is 28.8 Å². The summed E-state index contributed by atoms with van der Waals surface area (Å²) in [4.78, 5) is 16.3. The fourth-order valence-electron chi connectivity index (χ4n) is 3.43. The maximum atomic E-state index is 13.2. The van der Waals surface area contributed by atoms with Crippen LogP contribution in [-0.4, -0.2) is 31.1 Å². The van der Waals surface area contributed by atoms with Crippen LogP contribution >= 0.6 is 22.9 Å². The Bertz CT molecular complexity index is 970. The van der Waals surface area contributed by atoms with Crippen LogP contribution in [0, 0.1) is 0 Å². The van der Waals surface area contributed by atoms with Crippen molar-refractivity contribution < 1.29 is 14.3 Å².